The van der Waals surface area contributed by atoms with Crippen molar-refractivity contribution in [3.8, 4) is 0 Å². The molecule has 0 aromatic heterocycles. The molecule has 0 saturated carbocycles. The Kier molecular flexibility index (Phi) is 37.0. The van der Waals surface area contributed by atoms with Gasteiger partial charge in [0.15, 0.2) is 6.10 Å². The van der Waals surface area contributed by atoms with Crippen molar-refractivity contribution >= 4 is 17.9 Å². The summed E-state index contributed by atoms with van der Waals surface area (Å²) in [6, 6.07) is 0. The zero-order chi connectivity index (χ0) is 37.6. The lowest BCUT2D eigenvalue weighted by Crippen LogP contribution is -2.30. The predicted molar refractivity (Wildman–Crippen MR) is 215 cm³/mol. The maximum absolute atomic E-state index is 12.7. The first kappa shape index (κ1) is 49.4. The fraction of sp³-hybridized carbons (Fsp3) is 0.933. The second-order valence-corrected chi connectivity index (χ2v) is 16.1. The van der Waals surface area contributed by atoms with Crippen LogP contribution in [0.3, 0.4) is 0 Å². The normalized spacial score (nSPS) is 12.6. The summed E-state index contributed by atoms with van der Waals surface area (Å²) in [7, 11) is 0. The molecule has 0 aliphatic heterocycles. The van der Waals surface area contributed by atoms with E-state index in [0.29, 0.717) is 19.3 Å². The Bertz CT molecular complexity index is 781. The minimum absolute atomic E-state index is 0.0657. The van der Waals surface area contributed by atoms with Crippen molar-refractivity contribution in [2.45, 2.75) is 246 Å². The molecule has 0 saturated heterocycles. The van der Waals surface area contributed by atoms with Crippen LogP contribution < -0.4 is 0 Å². The Morgan fingerprint density at radius 2 is 0.745 bits per heavy atom. The third kappa shape index (κ3) is 38.0. The van der Waals surface area contributed by atoms with E-state index in [4.69, 9.17) is 14.2 Å². The summed E-state index contributed by atoms with van der Waals surface area (Å²) in [5.41, 5.74) is 0. The monoisotopic (exact) mass is 723 g/mol. The van der Waals surface area contributed by atoms with E-state index in [2.05, 4.69) is 34.6 Å². The number of hydrogen-bond acceptors (Lipinski definition) is 6. The predicted octanol–water partition coefficient (Wildman–Crippen LogP) is 13.8. The van der Waals surface area contributed by atoms with Crippen LogP contribution in [0, 0.1) is 11.8 Å². The van der Waals surface area contributed by atoms with Gasteiger partial charge in [-0.15, -0.1) is 0 Å². The summed E-state index contributed by atoms with van der Waals surface area (Å²) in [5, 5.41) is 0. The maximum atomic E-state index is 12.7. The van der Waals surface area contributed by atoms with E-state index in [1.54, 1.807) is 0 Å². The fourth-order valence-corrected chi connectivity index (χ4v) is 6.54. The highest BCUT2D eigenvalue weighted by molar-refractivity contribution is 5.71. The van der Waals surface area contributed by atoms with Gasteiger partial charge >= 0.3 is 17.9 Å². The Labute approximate surface area is 317 Å². The van der Waals surface area contributed by atoms with Crippen molar-refractivity contribution < 1.29 is 28.6 Å². The van der Waals surface area contributed by atoms with Crippen molar-refractivity contribution in [1.29, 1.82) is 0 Å². The molecule has 0 rings (SSSR count). The van der Waals surface area contributed by atoms with E-state index in [1.807, 2.05) is 0 Å². The molecule has 6 nitrogen and oxygen atoms in total. The third-order valence-corrected chi connectivity index (χ3v) is 10.3. The van der Waals surface area contributed by atoms with Crippen molar-refractivity contribution in [3.63, 3.8) is 0 Å². The summed E-state index contributed by atoms with van der Waals surface area (Å²) < 4.78 is 16.7. The number of ether oxygens (including phenoxy) is 3. The van der Waals surface area contributed by atoms with E-state index in [-0.39, 0.29) is 31.1 Å². The van der Waals surface area contributed by atoms with Crippen molar-refractivity contribution in [3.05, 3.63) is 0 Å². The standard InChI is InChI=1S/C45H86O6/c1-6-8-9-10-11-12-13-14-20-25-30-35-43(46)49-38-42(39-50-44(47)36-31-26-22-17-18-23-28-33-40(3)4)51-45(48)37-32-27-21-16-15-19-24-29-34-41(5)7-2/h40-42H,6-39H2,1-5H3/t41?,42-/m1/s1. The number of carbonyl (C=O) groups excluding carboxylic acids is 3. The van der Waals surface area contributed by atoms with Gasteiger partial charge < -0.3 is 14.2 Å². The summed E-state index contributed by atoms with van der Waals surface area (Å²) in [6.07, 6.45) is 35.2. The Morgan fingerprint density at radius 3 is 1.12 bits per heavy atom. The van der Waals surface area contributed by atoms with Crippen LogP contribution in [0.1, 0.15) is 240 Å². The zero-order valence-electron chi connectivity index (χ0n) is 34.7. The van der Waals surface area contributed by atoms with Gasteiger partial charge in [0, 0.05) is 19.3 Å². The molecule has 2 atom stereocenters. The summed E-state index contributed by atoms with van der Waals surface area (Å²) in [6.45, 7) is 11.3. The highest BCUT2D eigenvalue weighted by Gasteiger charge is 2.19. The minimum atomic E-state index is -0.760. The molecule has 0 bridgehead atoms. The molecule has 0 fully saturated rings. The van der Waals surface area contributed by atoms with Crippen LogP contribution in [-0.2, 0) is 28.6 Å². The second kappa shape index (κ2) is 38.1. The smallest absolute Gasteiger partial charge is 0.306 e. The molecule has 51 heavy (non-hydrogen) atoms. The Morgan fingerprint density at radius 1 is 0.412 bits per heavy atom. The molecular weight excluding hydrogens is 636 g/mol. The van der Waals surface area contributed by atoms with Crippen LogP contribution in [0.2, 0.25) is 0 Å². The molecule has 0 radical (unpaired) electrons. The van der Waals surface area contributed by atoms with Crippen LogP contribution in [0.4, 0.5) is 0 Å². The van der Waals surface area contributed by atoms with Crippen LogP contribution in [0.5, 0.6) is 0 Å². The zero-order valence-corrected chi connectivity index (χ0v) is 34.7. The van der Waals surface area contributed by atoms with Gasteiger partial charge in [-0.3, -0.25) is 14.4 Å². The van der Waals surface area contributed by atoms with Gasteiger partial charge in [-0.25, -0.2) is 0 Å². The number of hydrogen-bond donors (Lipinski definition) is 0. The molecule has 0 spiro atoms. The second-order valence-electron chi connectivity index (χ2n) is 16.1. The fourth-order valence-electron chi connectivity index (χ4n) is 6.54. The van der Waals surface area contributed by atoms with Crippen LogP contribution in [0.15, 0.2) is 0 Å². The number of unbranched alkanes of at least 4 members (excludes halogenated alkanes) is 23. The van der Waals surface area contributed by atoms with Crippen LogP contribution in [0.25, 0.3) is 0 Å². The van der Waals surface area contributed by atoms with Gasteiger partial charge in [0.25, 0.3) is 0 Å². The SMILES string of the molecule is CCCCCCCCCCCCCC(=O)OC[C@H](COC(=O)CCCCCCCCCC(C)C)OC(=O)CCCCCCCCCCC(C)CC. The molecule has 0 aliphatic carbocycles. The molecule has 0 heterocycles. The molecule has 0 aromatic rings. The first-order valence-corrected chi connectivity index (χ1v) is 22.3. The molecule has 0 N–H and O–H groups in total. The Balaban J connectivity index is 4.36. The van der Waals surface area contributed by atoms with E-state index in [0.717, 1.165) is 69.6 Å². The van der Waals surface area contributed by atoms with Crippen LogP contribution in [-0.4, -0.2) is 37.2 Å². The lowest BCUT2D eigenvalue weighted by Gasteiger charge is -2.18. The summed E-state index contributed by atoms with van der Waals surface area (Å²) >= 11 is 0. The van der Waals surface area contributed by atoms with E-state index in [1.165, 1.54) is 128 Å². The molecule has 0 amide bonds. The van der Waals surface area contributed by atoms with E-state index >= 15 is 0 Å². The highest BCUT2D eigenvalue weighted by atomic mass is 16.6. The van der Waals surface area contributed by atoms with Gasteiger partial charge in [0.05, 0.1) is 0 Å². The number of rotatable bonds is 39. The van der Waals surface area contributed by atoms with Crippen molar-refractivity contribution in [2.24, 2.45) is 11.8 Å². The Hall–Kier alpha value is -1.59. The maximum Gasteiger partial charge on any atom is 0.306 e. The summed E-state index contributed by atoms with van der Waals surface area (Å²) in [5.74, 6) is 0.763. The first-order valence-electron chi connectivity index (χ1n) is 22.3. The van der Waals surface area contributed by atoms with Gasteiger partial charge in [-0.05, 0) is 31.1 Å². The third-order valence-electron chi connectivity index (χ3n) is 10.3. The summed E-state index contributed by atoms with van der Waals surface area (Å²) in [4.78, 5) is 37.6. The highest BCUT2D eigenvalue weighted by Crippen LogP contribution is 2.17. The first-order chi connectivity index (χ1) is 24.8. The van der Waals surface area contributed by atoms with E-state index in [9.17, 15) is 14.4 Å². The minimum Gasteiger partial charge on any atom is -0.462 e. The van der Waals surface area contributed by atoms with Gasteiger partial charge in [0.2, 0.25) is 0 Å². The van der Waals surface area contributed by atoms with Crippen molar-refractivity contribution in [2.75, 3.05) is 13.2 Å². The number of carbonyl (C=O) groups is 3. The average Bonchev–Trinajstić information content (AvgIpc) is 3.11. The molecule has 0 aromatic carbocycles. The van der Waals surface area contributed by atoms with E-state index < -0.39 is 6.10 Å². The lowest BCUT2D eigenvalue weighted by atomic mass is 9.99. The quantitative estimate of drug-likeness (QED) is 0.0357. The molecule has 0 aliphatic rings. The van der Waals surface area contributed by atoms with Gasteiger partial charge in [-0.2, -0.15) is 0 Å². The lowest BCUT2D eigenvalue weighted by molar-refractivity contribution is -0.167. The number of esters is 3. The van der Waals surface area contributed by atoms with Crippen LogP contribution >= 0.6 is 0 Å². The molecular formula is C45H86O6. The average molecular weight is 723 g/mol. The molecule has 6 heteroatoms. The van der Waals surface area contributed by atoms with Gasteiger partial charge in [-0.1, -0.05) is 202 Å². The van der Waals surface area contributed by atoms with Crippen molar-refractivity contribution in [1.82, 2.24) is 0 Å². The largest absolute Gasteiger partial charge is 0.462 e. The molecule has 302 valence electrons. The van der Waals surface area contributed by atoms with Gasteiger partial charge in [0.1, 0.15) is 13.2 Å². The topological polar surface area (TPSA) is 78.9 Å². The molecule has 1 unspecified atom stereocenters.